The number of nitrogens with zero attached hydrogens (tertiary/aromatic N) is 1. The Kier molecular flexibility index (Phi) is 6.27. The van der Waals surface area contributed by atoms with Crippen molar-refractivity contribution in [1.82, 2.24) is 9.62 Å². The lowest BCUT2D eigenvalue weighted by Crippen LogP contribution is -2.30. The Bertz CT molecular complexity index is 597. The zero-order valence-electron chi connectivity index (χ0n) is 10.8. The molecule has 0 saturated carbocycles. The van der Waals surface area contributed by atoms with Crippen LogP contribution in [0.25, 0.3) is 0 Å². The second-order valence-corrected chi connectivity index (χ2v) is 7.57. The van der Waals surface area contributed by atoms with E-state index in [1.165, 1.54) is 17.0 Å². The van der Waals surface area contributed by atoms with E-state index in [1.54, 1.807) is 14.1 Å². The zero-order valence-corrected chi connectivity index (χ0v) is 14.7. The van der Waals surface area contributed by atoms with E-state index in [-0.39, 0.29) is 33.8 Å². The summed E-state index contributed by atoms with van der Waals surface area (Å²) in [5, 5.41) is 0.0200. The van der Waals surface area contributed by atoms with E-state index in [2.05, 4.69) is 20.7 Å². The number of halogens is 3. The molecule has 0 aliphatic heterocycles. The van der Waals surface area contributed by atoms with Crippen LogP contribution in [-0.2, 0) is 14.8 Å². The number of amides is 1. The van der Waals surface area contributed by atoms with Crippen LogP contribution in [-0.4, -0.2) is 39.9 Å². The van der Waals surface area contributed by atoms with Gasteiger partial charge in [-0.05, 0) is 12.1 Å². The van der Waals surface area contributed by atoms with Gasteiger partial charge in [0.2, 0.25) is 15.9 Å². The van der Waals surface area contributed by atoms with Gasteiger partial charge in [0.25, 0.3) is 0 Å². The molecule has 1 N–H and O–H groups in total. The standard InChI is InChI=1S/C11H13BrCl2N2O3S/c1-16(2)10(17)3-4-15-20(18,19)11-8(13)5-7(12)6-9(11)14/h5-6,15H,3-4H2,1-2H3. The highest BCUT2D eigenvalue weighted by Crippen LogP contribution is 2.32. The molecule has 0 heterocycles. The second kappa shape index (κ2) is 7.09. The van der Waals surface area contributed by atoms with Crippen molar-refractivity contribution in [3.63, 3.8) is 0 Å². The van der Waals surface area contributed by atoms with Gasteiger partial charge in [0, 0.05) is 31.5 Å². The minimum Gasteiger partial charge on any atom is -0.349 e. The van der Waals surface area contributed by atoms with Crippen LogP contribution in [0.1, 0.15) is 6.42 Å². The fourth-order valence-electron chi connectivity index (χ4n) is 1.37. The third-order valence-electron chi connectivity index (χ3n) is 2.36. The van der Waals surface area contributed by atoms with Gasteiger partial charge in [-0.15, -0.1) is 0 Å². The average molecular weight is 404 g/mol. The quantitative estimate of drug-likeness (QED) is 0.821. The molecule has 1 rings (SSSR count). The van der Waals surface area contributed by atoms with E-state index in [9.17, 15) is 13.2 Å². The molecule has 0 bridgehead atoms. The van der Waals surface area contributed by atoms with Crippen molar-refractivity contribution in [3.8, 4) is 0 Å². The van der Waals surface area contributed by atoms with Crippen molar-refractivity contribution >= 4 is 55.1 Å². The van der Waals surface area contributed by atoms with Gasteiger partial charge in [0.05, 0.1) is 10.0 Å². The second-order valence-electron chi connectivity index (χ2n) is 4.13. The van der Waals surface area contributed by atoms with Crippen LogP contribution in [0.15, 0.2) is 21.5 Å². The fraction of sp³-hybridized carbons (Fsp3) is 0.364. The SMILES string of the molecule is CN(C)C(=O)CCNS(=O)(=O)c1c(Cl)cc(Br)cc1Cl. The molecule has 1 amide bonds. The van der Waals surface area contributed by atoms with Crippen molar-refractivity contribution in [2.24, 2.45) is 0 Å². The molecule has 0 radical (unpaired) electrons. The lowest BCUT2D eigenvalue weighted by molar-refractivity contribution is -0.128. The third kappa shape index (κ3) is 4.60. The molecular weight excluding hydrogens is 391 g/mol. The van der Waals surface area contributed by atoms with Gasteiger partial charge in [-0.3, -0.25) is 4.79 Å². The topological polar surface area (TPSA) is 66.5 Å². The van der Waals surface area contributed by atoms with Gasteiger partial charge in [-0.25, -0.2) is 13.1 Å². The lowest BCUT2D eigenvalue weighted by Gasteiger charge is -2.12. The molecule has 5 nitrogen and oxygen atoms in total. The van der Waals surface area contributed by atoms with Gasteiger partial charge < -0.3 is 4.90 Å². The van der Waals surface area contributed by atoms with E-state index in [4.69, 9.17) is 23.2 Å². The highest BCUT2D eigenvalue weighted by Gasteiger charge is 2.22. The van der Waals surface area contributed by atoms with Gasteiger partial charge in [0.15, 0.2) is 0 Å². The first kappa shape index (κ1) is 17.7. The normalized spacial score (nSPS) is 11.4. The maximum Gasteiger partial charge on any atom is 0.243 e. The molecule has 0 aliphatic carbocycles. The van der Waals surface area contributed by atoms with Crippen molar-refractivity contribution in [2.75, 3.05) is 20.6 Å². The number of carbonyl (C=O) groups excluding carboxylic acids is 1. The summed E-state index contributed by atoms with van der Waals surface area (Å²) in [5.41, 5.74) is 0. The van der Waals surface area contributed by atoms with Crippen LogP contribution < -0.4 is 4.72 Å². The minimum atomic E-state index is -3.87. The number of carbonyl (C=O) groups is 1. The molecular formula is C11H13BrCl2N2O3S. The van der Waals surface area contributed by atoms with E-state index in [0.29, 0.717) is 4.47 Å². The first-order valence-electron chi connectivity index (χ1n) is 5.49. The Morgan fingerprint density at radius 1 is 1.30 bits per heavy atom. The van der Waals surface area contributed by atoms with E-state index in [0.717, 1.165) is 0 Å². The molecule has 1 aromatic carbocycles. The summed E-state index contributed by atoms with van der Waals surface area (Å²) in [6, 6.07) is 2.87. The average Bonchev–Trinajstić information content (AvgIpc) is 2.26. The summed E-state index contributed by atoms with van der Waals surface area (Å²) in [6.45, 7) is -0.0257. The van der Waals surface area contributed by atoms with Crippen molar-refractivity contribution in [2.45, 2.75) is 11.3 Å². The molecule has 0 atom stereocenters. The first-order valence-corrected chi connectivity index (χ1v) is 8.52. The summed E-state index contributed by atoms with van der Waals surface area (Å²) in [7, 11) is -0.672. The molecule has 0 aliphatic rings. The van der Waals surface area contributed by atoms with E-state index < -0.39 is 10.0 Å². The maximum atomic E-state index is 12.1. The molecule has 0 fully saturated rings. The minimum absolute atomic E-state index is 0.0100. The Labute approximate surface area is 136 Å². The summed E-state index contributed by atoms with van der Waals surface area (Å²) in [5.74, 6) is -0.180. The number of hydrogen-bond acceptors (Lipinski definition) is 3. The Morgan fingerprint density at radius 2 is 1.80 bits per heavy atom. The first-order chi connectivity index (χ1) is 9.15. The van der Waals surface area contributed by atoms with Crippen LogP contribution in [0.2, 0.25) is 10.0 Å². The predicted molar refractivity (Wildman–Crippen MR) is 82.7 cm³/mol. The number of hydrogen-bond donors (Lipinski definition) is 1. The van der Waals surface area contributed by atoms with Crippen molar-refractivity contribution < 1.29 is 13.2 Å². The van der Waals surface area contributed by atoms with Gasteiger partial charge >= 0.3 is 0 Å². The summed E-state index contributed by atoms with van der Waals surface area (Å²) < 4.78 is 27.1. The summed E-state index contributed by atoms with van der Waals surface area (Å²) in [4.78, 5) is 12.6. The van der Waals surface area contributed by atoms with Crippen LogP contribution in [0.3, 0.4) is 0 Å². The molecule has 0 aromatic heterocycles. The van der Waals surface area contributed by atoms with Crippen LogP contribution in [0.4, 0.5) is 0 Å². The highest BCUT2D eigenvalue weighted by molar-refractivity contribution is 9.10. The molecule has 20 heavy (non-hydrogen) atoms. The highest BCUT2D eigenvalue weighted by atomic mass is 79.9. The van der Waals surface area contributed by atoms with Crippen LogP contribution in [0, 0.1) is 0 Å². The summed E-state index contributed by atoms with van der Waals surface area (Å²) in [6.07, 6.45) is 0.0536. The maximum absolute atomic E-state index is 12.1. The van der Waals surface area contributed by atoms with Crippen LogP contribution >= 0.6 is 39.1 Å². The molecule has 9 heteroatoms. The Morgan fingerprint density at radius 3 is 2.25 bits per heavy atom. The number of nitrogens with one attached hydrogen (secondary N) is 1. The van der Waals surface area contributed by atoms with E-state index >= 15 is 0 Å². The largest absolute Gasteiger partial charge is 0.349 e. The Hall–Kier alpha value is -0.340. The van der Waals surface area contributed by atoms with E-state index in [1.807, 2.05) is 0 Å². The molecule has 0 unspecified atom stereocenters. The van der Waals surface area contributed by atoms with Crippen LogP contribution in [0.5, 0.6) is 0 Å². The van der Waals surface area contributed by atoms with Crippen molar-refractivity contribution in [3.05, 3.63) is 26.7 Å². The van der Waals surface area contributed by atoms with Crippen molar-refractivity contribution in [1.29, 1.82) is 0 Å². The monoisotopic (exact) mass is 402 g/mol. The number of rotatable bonds is 5. The number of benzene rings is 1. The molecule has 0 saturated heterocycles. The molecule has 0 spiro atoms. The lowest BCUT2D eigenvalue weighted by atomic mass is 10.4. The third-order valence-corrected chi connectivity index (χ3v) is 5.20. The zero-order chi connectivity index (χ0) is 15.5. The van der Waals surface area contributed by atoms with Gasteiger partial charge in [-0.2, -0.15) is 0 Å². The molecule has 1 aromatic rings. The Balaban J connectivity index is 2.88. The predicted octanol–water partition coefficient (Wildman–Crippen LogP) is 2.51. The van der Waals surface area contributed by atoms with Gasteiger partial charge in [0.1, 0.15) is 4.90 Å². The summed E-state index contributed by atoms with van der Waals surface area (Å²) >= 11 is 15.0. The number of sulfonamides is 1. The molecule has 112 valence electrons. The smallest absolute Gasteiger partial charge is 0.243 e. The van der Waals surface area contributed by atoms with Gasteiger partial charge in [-0.1, -0.05) is 39.1 Å². The fourth-order valence-corrected chi connectivity index (χ4v) is 4.34.